The van der Waals surface area contributed by atoms with Crippen molar-refractivity contribution >= 4 is 16.9 Å². The highest BCUT2D eigenvalue weighted by atomic mass is 16.5. The van der Waals surface area contributed by atoms with E-state index in [0.717, 1.165) is 27.8 Å². The Balaban J connectivity index is 2.08. The van der Waals surface area contributed by atoms with Gasteiger partial charge in [-0.15, -0.1) is 0 Å². The lowest BCUT2D eigenvalue weighted by molar-refractivity contribution is 0.0697. The zero-order valence-electron chi connectivity index (χ0n) is 11.8. The van der Waals surface area contributed by atoms with Gasteiger partial charge in [0.25, 0.3) is 0 Å². The number of carboxylic acid groups (broad SMARTS) is 1. The molecule has 0 spiro atoms. The maximum absolute atomic E-state index is 10.9. The molecule has 0 saturated carbocycles. The van der Waals surface area contributed by atoms with Crippen molar-refractivity contribution in [2.75, 3.05) is 7.11 Å². The SMILES string of the molecule is COCc1cc2cc(-n3cc(C(=O)O)cn3)cc(C)c2[nH]1. The largest absolute Gasteiger partial charge is 0.478 e. The topological polar surface area (TPSA) is 80.1 Å². The van der Waals surface area contributed by atoms with Gasteiger partial charge in [0, 0.05) is 29.9 Å². The molecule has 0 aliphatic carbocycles. The molecule has 0 fully saturated rings. The number of aromatic nitrogens is 3. The van der Waals surface area contributed by atoms with Gasteiger partial charge in [-0.1, -0.05) is 0 Å². The fraction of sp³-hybridized carbons (Fsp3) is 0.200. The highest BCUT2D eigenvalue weighted by Gasteiger charge is 2.10. The molecule has 2 aromatic heterocycles. The number of hydrogen-bond donors (Lipinski definition) is 2. The average Bonchev–Trinajstić information content (AvgIpc) is 3.05. The van der Waals surface area contributed by atoms with Crippen LogP contribution < -0.4 is 0 Å². The van der Waals surface area contributed by atoms with E-state index in [1.54, 1.807) is 11.8 Å². The summed E-state index contributed by atoms with van der Waals surface area (Å²) in [6, 6.07) is 5.96. The van der Waals surface area contributed by atoms with Crippen molar-refractivity contribution in [1.82, 2.24) is 14.8 Å². The van der Waals surface area contributed by atoms with Crippen LogP contribution in [0, 0.1) is 6.92 Å². The first-order valence-corrected chi connectivity index (χ1v) is 6.48. The number of fused-ring (bicyclic) bond motifs is 1. The number of ether oxygens (including phenoxy) is 1. The first-order chi connectivity index (χ1) is 10.1. The van der Waals surface area contributed by atoms with Crippen molar-refractivity contribution in [2.24, 2.45) is 0 Å². The van der Waals surface area contributed by atoms with E-state index in [4.69, 9.17) is 9.84 Å². The summed E-state index contributed by atoms with van der Waals surface area (Å²) in [5.41, 5.74) is 4.12. The van der Waals surface area contributed by atoms with Crippen LogP contribution in [0.3, 0.4) is 0 Å². The third-order valence-corrected chi connectivity index (χ3v) is 3.36. The summed E-state index contributed by atoms with van der Waals surface area (Å²) in [6.07, 6.45) is 2.85. The maximum atomic E-state index is 10.9. The van der Waals surface area contributed by atoms with E-state index in [1.165, 1.54) is 12.4 Å². The zero-order chi connectivity index (χ0) is 15.0. The lowest BCUT2D eigenvalue weighted by Crippen LogP contribution is -1.96. The fourth-order valence-corrected chi connectivity index (χ4v) is 2.40. The van der Waals surface area contributed by atoms with Crippen LogP contribution in [0.15, 0.2) is 30.6 Å². The molecule has 0 saturated heterocycles. The quantitative estimate of drug-likeness (QED) is 0.772. The van der Waals surface area contributed by atoms with Gasteiger partial charge in [-0.05, 0) is 30.7 Å². The summed E-state index contributed by atoms with van der Waals surface area (Å²) in [5, 5.41) is 14.1. The fourth-order valence-electron chi connectivity index (χ4n) is 2.40. The first kappa shape index (κ1) is 13.4. The van der Waals surface area contributed by atoms with Crippen molar-refractivity contribution in [2.45, 2.75) is 13.5 Å². The zero-order valence-corrected chi connectivity index (χ0v) is 11.8. The number of carbonyl (C=O) groups is 1. The minimum absolute atomic E-state index is 0.168. The Bertz CT molecular complexity index is 817. The van der Waals surface area contributed by atoms with Crippen LogP contribution in [-0.4, -0.2) is 33.0 Å². The van der Waals surface area contributed by atoms with Crippen molar-refractivity contribution < 1.29 is 14.6 Å². The number of methoxy groups -OCH3 is 1. The smallest absolute Gasteiger partial charge is 0.338 e. The number of rotatable bonds is 4. The summed E-state index contributed by atoms with van der Waals surface area (Å²) in [7, 11) is 1.65. The van der Waals surface area contributed by atoms with E-state index in [0.29, 0.717) is 6.61 Å². The van der Waals surface area contributed by atoms with E-state index >= 15 is 0 Å². The van der Waals surface area contributed by atoms with Gasteiger partial charge in [0.15, 0.2) is 0 Å². The Labute approximate surface area is 121 Å². The van der Waals surface area contributed by atoms with Gasteiger partial charge in [-0.3, -0.25) is 0 Å². The summed E-state index contributed by atoms with van der Waals surface area (Å²) in [4.78, 5) is 14.2. The number of aryl methyl sites for hydroxylation is 1. The van der Waals surface area contributed by atoms with Crippen LogP contribution in [0.5, 0.6) is 0 Å². The van der Waals surface area contributed by atoms with Gasteiger partial charge in [-0.25, -0.2) is 9.48 Å². The molecule has 6 nitrogen and oxygen atoms in total. The molecule has 0 unspecified atom stereocenters. The molecule has 0 aliphatic heterocycles. The molecule has 2 N–H and O–H groups in total. The van der Waals surface area contributed by atoms with Crippen molar-refractivity contribution in [1.29, 1.82) is 0 Å². The van der Waals surface area contributed by atoms with Gasteiger partial charge in [-0.2, -0.15) is 5.10 Å². The lowest BCUT2D eigenvalue weighted by atomic mass is 10.1. The number of nitrogens with one attached hydrogen (secondary N) is 1. The molecular weight excluding hydrogens is 270 g/mol. The third kappa shape index (κ3) is 2.41. The molecular formula is C15H15N3O3. The Hall–Kier alpha value is -2.60. The molecule has 0 aliphatic rings. The molecule has 3 rings (SSSR count). The van der Waals surface area contributed by atoms with Crippen LogP contribution in [-0.2, 0) is 11.3 Å². The van der Waals surface area contributed by atoms with Crippen molar-refractivity contribution in [3.63, 3.8) is 0 Å². The Morgan fingerprint density at radius 3 is 2.90 bits per heavy atom. The average molecular weight is 285 g/mol. The highest BCUT2D eigenvalue weighted by Crippen LogP contribution is 2.23. The molecule has 3 aromatic rings. The molecule has 1 aromatic carbocycles. The predicted molar refractivity (Wildman–Crippen MR) is 77.8 cm³/mol. The molecule has 2 heterocycles. The van der Waals surface area contributed by atoms with Gasteiger partial charge in [0.05, 0.1) is 24.1 Å². The van der Waals surface area contributed by atoms with Crippen LogP contribution in [0.25, 0.3) is 16.6 Å². The number of aromatic amines is 1. The highest BCUT2D eigenvalue weighted by molar-refractivity contribution is 5.87. The van der Waals surface area contributed by atoms with Gasteiger partial charge in [0.1, 0.15) is 0 Å². The van der Waals surface area contributed by atoms with Crippen molar-refractivity contribution in [3.8, 4) is 5.69 Å². The Kier molecular flexibility index (Phi) is 3.23. The third-order valence-electron chi connectivity index (χ3n) is 3.36. The van der Waals surface area contributed by atoms with Gasteiger partial charge >= 0.3 is 5.97 Å². The molecule has 0 bridgehead atoms. The maximum Gasteiger partial charge on any atom is 0.338 e. The van der Waals surface area contributed by atoms with E-state index in [9.17, 15) is 4.79 Å². The minimum atomic E-state index is -0.983. The number of carboxylic acids is 1. The predicted octanol–water partition coefficient (Wildman–Crippen LogP) is 2.51. The second-order valence-electron chi connectivity index (χ2n) is 4.93. The van der Waals surface area contributed by atoms with E-state index in [1.807, 2.05) is 25.1 Å². The number of hydrogen-bond acceptors (Lipinski definition) is 3. The second kappa shape index (κ2) is 5.06. The van der Waals surface area contributed by atoms with E-state index in [2.05, 4.69) is 10.1 Å². The molecule has 0 atom stereocenters. The van der Waals surface area contributed by atoms with Gasteiger partial charge in [0.2, 0.25) is 0 Å². The number of H-pyrrole nitrogens is 1. The molecule has 6 heteroatoms. The van der Waals surface area contributed by atoms with E-state index < -0.39 is 5.97 Å². The normalized spacial score (nSPS) is 11.1. The Morgan fingerprint density at radius 2 is 2.24 bits per heavy atom. The number of nitrogens with zero attached hydrogens (tertiary/aromatic N) is 2. The van der Waals surface area contributed by atoms with Gasteiger partial charge < -0.3 is 14.8 Å². The van der Waals surface area contributed by atoms with Crippen LogP contribution in [0.4, 0.5) is 0 Å². The molecule has 108 valence electrons. The number of aromatic carboxylic acids is 1. The monoisotopic (exact) mass is 285 g/mol. The lowest BCUT2D eigenvalue weighted by Gasteiger charge is -2.04. The van der Waals surface area contributed by atoms with Crippen molar-refractivity contribution in [3.05, 3.63) is 47.4 Å². The number of benzene rings is 1. The van der Waals surface area contributed by atoms with Crippen LogP contribution in [0.2, 0.25) is 0 Å². The molecule has 0 radical (unpaired) electrons. The summed E-state index contributed by atoms with van der Waals surface area (Å²) in [6.45, 7) is 2.52. The van der Waals surface area contributed by atoms with Crippen LogP contribution >= 0.6 is 0 Å². The standard InChI is InChI=1S/C15H15N3O3/c1-9-3-13(18-7-11(6-16-18)15(19)20)5-10-4-12(8-21-2)17-14(9)10/h3-7,17H,8H2,1-2H3,(H,19,20). The molecule has 0 amide bonds. The summed E-state index contributed by atoms with van der Waals surface area (Å²) >= 11 is 0. The minimum Gasteiger partial charge on any atom is -0.478 e. The summed E-state index contributed by atoms with van der Waals surface area (Å²) in [5.74, 6) is -0.983. The molecule has 21 heavy (non-hydrogen) atoms. The Morgan fingerprint density at radius 1 is 1.43 bits per heavy atom. The second-order valence-corrected chi connectivity index (χ2v) is 4.93. The first-order valence-electron chi connectivity index (χ1n) is 6.48. The van der Waals surface area contributed by atoms with Crippen LogP contribution in [0.1, 0.15) is 21.6 Å². The van der Waals surface area contributed by atoms with E-state index in [-0.39, 0.29) is 5.56 Å². The summed E-state index contributed by atoms with van der Waals surface area (Å²) < 4.78 is 6.70.